The number of hydrogen-bond acceptors (Lipinski definition) is 3. The lowest BCUT2D eigenvalue weighted by Crippen LogP contribution is -2.02. The summed E-state index contributed by atoms with van der Waals surface area (Å²) in [5.74, 6) is -0.265. The van der Waals surface area contributed by atoms with Crippen LogP contribution in [0.15, 0.2) is 24.3 Å². The van der Waals surface area contributed by atoms with Crippen molar-refractivity contribution in [2.45, 2.75) is 25.7 Å². The minimum atomic E-state index is -0.824. The average molecular weight is 236 g/mol. The Labute approximate surface area is 100 Å². The van der Waals surface area contributed by atoms with E-state index in [4.69, 9.17) is 9.84 Å². The van der Waals surface area contributed by atoms with Gasteiger partial charge in [-0.25, -0.2) is 0 Å². The normalized spacial score (nSPS) is 9.94. The van der Waals surface area contributed by atoms with E-state index in [1.54, 1.807) is 24.3 Å². The van der Waals surface area contributed by atoms with Gasteiger partial charge in [0.15, 0.2) is 5.78 Å². The maximum Gasteiger partial charge on any atom is 0.303 e. The van der Waals surface area contributed by atoms with Gasteiger partial charge in [-0.2, -0.15) is 0 Å². The molecule has 1 aromatic rings. The summed E-state index contributed by atoms with van der Waals surface area (Å²) in [6.07, 6.45) is 1.58. The van der Waals surface area contributed by atoms with Crippen LogP contribution < -0.4 is 4.74 Å². The van der Waals surface area contributed by atoms with E-state index in [0.717, 1.165) is 0 Å². The number of para-hydroxylation sites is 1. The first-order valence-corrected chi connectivity index (χ1v) is 5.53. The average Bonchev–Trinajstić information content (AvgIpc) is 2.34. The summed E-state index contributed by atoms with van der Waals surface area (Å²) < 4.78 is 5.10. The second-order valence-corrected chi connectivity index (χ2v) is 3.72. The number of Topliss-reactive ketones (excluding diaryl/α,β-unsaturated/α-hetero) is 1. The molecule has 0 heterocycles. The van der Waals surface area contributed by atoms with Crippen LogP contribution in [0, 0.1) is 0 Å². The molecule has 0 aliphatic heterocycles. The molecule has 1 aromatic carbocycles. The van der Waals surface area contributed by atoms with E-state index >= 15 is 0 Å². The maximum atomic E-state index is 11.8. The fraction of sp³-hybridized carbons (Fsp3) is 0.385. The molecule has 0 amide bonds. The third-order valence-corrected chi connectivity index (χ3v) is 2.45. The van der Waals surface area contributed by atoms with Crippen LogP contribution in [0.5, 0.6) is 5.75 Å². The van der Waals surface area contributed by atoms with Crippen molar-refractivity contribution < 1.29 is 19.4 Å². The number of ketones is 1. The highest BCUT2D eigenvalue weighted by atomic mass is 16.5. The van der Waals surface area contributed by atoms with E-state index in [-0.39, 0.29) is 12.2 Å². The molecule has 0 radical (unpaired) electrons. The first-order valence-electron chi connectivity index (χ1n) is 5.53. The van der Waals surface area contributed by atoms with Gasteiger partial charge < -0.3 is 9.84 Å². The Morgan fingerprint density at radius 3 is 2.47 bits per heavy atom. The standard InChI is InChI=1S/C13H16O4/c1-17-12-8-4-2-6-10(12)11(14)7-3-5-9-13(15)16/h2,4,6,8H,3,5,7,9H2,1H3,(H,15,16). The summed E-state index contributed by atoms with van der Waals surface area (Å²) in [5, 5.41) is 8.47. The van der Waals surface area contributed by atoms with Crippen molar-refractivity contribution in [1.82, 2.24) is 0 Å². The predicted molar refractivity (Wildman–Crippen MR) is 63.4 cm³/mol. The molecule has 0 aromatic heterocycles. The third kappa shape index (κ3) is 4.26. The van der Waals surface area contributed by atoms with Crippen LogP contribution in [-0.2, 0) is 4.79 Å². The molecule has 0 bridgehead atoms. The van der Waals surface area contributed by atoms with Gasteiger partial charge in [0.1, 0.15) is 5.75 Å². The Morgan fingerprint density at radius 2 is 1.82 bits per heavy atom. The highest BCUT2D eigenvalue weighted by molar-refractivity contribution is 5.98. The molecule has 0 saturated heterocycles. The molecule has 1 rings (SSSR count). The summed E-state index contributed by atoms with van der Waals surface area (Å²) in [7, 11) is 1.52. The van der Waals surface area contributed by atoms with E-state index in [9.17, 15) is 9.59 Å². The van der Waals surface area contributed by atoms with Gasteiger partial charge in [-0.3, -0.25) is 9.59 Å². The van der Waals surface area contributed by atoms with Crippen LogP contribution in [0.1, 0.15) is 36.0 Å². The van der Waals surface area contributed by atoms with Gasteiger partial charge in [-0.1, -0.05) is 12.1 Å². The first-order chi connectivity index (χ1) is 8.15. The highest BCUT2D eigenvalue weighted by Gasteiger charge is 2.11. The number of hydrogen-bond donors (Lipinski definition) is 1. The molecule has 0 unspecified atom stereocenters. The molecule has 17 heavy (non-hydrogen) atoms. The van der Waals surface area contributed by atoms with Crippen molar-refractivity contribution in [1.29, 1.82) is 0 Å². The fourth-order valence-corrected chi connectivity index (χ4v) is 1.57. The monoisotopic (exact) mass is 236 g/mol. The largest absolute Gasteiger partial charge is 0.496 e. The quantitative estimate of drug-likeness (QED) is 0.583. The summed E-state index contributed by atoms with van der Waals surface area (Å²) in [6.45, 7) is 0. The number of methoxy groups -OCH3 is 1. The SMILES string of the molecule is COc1ccccc1C(=O)CCCCC(=O)O. The number of carboxylic acids is 1. The smallest absolute Gasteiger partial charge is 0.303 e. The van der Waals surface area contributed by atoms with Crippen LogP contribution in [0.2, 0.25) is 0 Å². The Hall–Kier alpha value is -1.84. The minimum absolute atomic E-state index is 0.00663. The van der Waals surface area contributed by atoms with E-state index in [0.29, 0.717) is 30.6 Å². The number of carboxylic acid groups (broad SMARTS) is 1. The van der Waals surface area contributed by atoms with Crippen LogP contribution in [0.3, 0.4) is 0 Å². The van der Waals surface area contributed by atoms with Crippen molar-refractivity contribution in [3.05, 3.63) is 29.8 Å². The number of aliphatic carboxylic acids is 1. The minimum Gasteiger partial charge on any atom is -0.496 e. The summed E-state index contributed by atoms with van der Waals surface area (Å²) in [4.78, 5) is 22.2. The van der Waals surface area contributed by atoms with Crippen LogP contribution in [-0.4, -0.2) is 24.0 Å². The molecule has 92 valence electrons. The molecule has 4 nitrogen and oxygen atoms in total. The van der Waals surface area contributed by atoms with Gasteiger partial charge in [0, 0.05) is 12.8 Å². The number of benzene rings is 1. The molecule has 1 N–H and O–H groups in total. The van der Waals surface area contributed by atoms with Gasteiger partial charge in [-0.15, -0.1) is 0 Å². The number of carbonyl (C=O) groups is 2. The zero-order valence-electron chi connectivity index (χ0n) is 9.81. The second-order valence-electron chi connectivity index (χ2n) is 3.72. The molecular weight excluding hydrogens is 220 g/mol. The zero-order chi connectivity index (χ0) is 12.7. The highest BCUT2D eigenvalue weighted by Crippen LogP contribution is 2.19. The van der Waals surface area contributed by atoms with Crippen molar-refractivity contribution in [2.24, 2.45) is 0 Å². The topological polar surface area (TPSA) is 63.6 Å². The Bertz CT molecular complexity index is 398. The van der Waals surface area contributed by atoms with Crippen molar-refractivity contribution >= 4 is 11.8 Å². The lowest BCUT2D eigenvalue weighted by molar-refractivity contribution is -0.137. The number of unbranched alkanes of at least 4 members (excludes halogenated alkanes) is 1. The predicted octanol–water partition coefficient (Wildman–Crippen LogP) is 2.52. The molecule has 4 heteroatoms. The molecule has 0 fully saturated rings. The van der Waals surface area contributed by atoms with Gasteiger partial charge in [0.25, 0.3) is 0 Å². The van der Waals surface area contributed by atoms with Gasteiger partial charge >= 0.3 is 5.97 Å². The maximum absolute atomic E-state index is 11.8. The van der Waals surface area contributed by atoms with Crippen LogP contribution in [0.25, 0.3) is 0 Å². The van der Waals surface area contributed by atoms with E-state index in [2.05, 4.69) is 0 Å². The molecule has 0 saturated carbocycles. The Morgan fingerprint density at radius 1 is 1.18 bits per heavy atom. The van der Waals surface area contributed by atoms with Gasteiger partial charge in [0.2, 0.25) is 0 Å². The molecule has 0 aliphatic carbocycles. The van der Waals surface area contributed by atoms with Crippen molar-refractivity contribution in [2.75, 3.05) is 7.11 Å². The van der Waals surface area contributed by atoms with E-state index in [1.807, 2.05) is 0 Å². The summed E-state index contributed by atoms with van der Waals surface area (Å²) >= 11 is 0. The van der Waals surface area contributed by atoms with Crippen LogP contribution >= 0.6 is 0 Å². The fourth-order valence-electron chi connectivity index (χ4n) is 1.57. The Balaban J connectivity index is 2.49. The summed E-state index contributed by atoms with van der Waals surface area (Å²) in [6, 6.07) is 7.05. The Kier molecular flexibility index (Phi) is 5.20. The number of ether oxygens (including phenoxy) is 1. The third-order valence-electron chi connectivity index (χ3n) is 2.45. The lowest BCUT2D eigenvalue weighted by Gasteiger charge is -2.06. The molecule has 0 aliphatic rings. The van der Waals surface area contributed by atoms with E-state index < -0.39 is 5.97 Å². The zero-order valence-corrected chi connectivity index (χ0v) is 9.81. The van der Waals surface area contributed by atoms with Crippen molar-refractivity contribution in [3.63, 3.8) is 0 Å². The number of carbonyl (C=O) groups excluding carboxylic acids is 1. The first kappa shape index (κ1) is 13.2. The molecular formula is C13H16O4. The van der Waals surface area contributed by atoms with Crippen LogP contribution in [0.4, 0.5) is 0 Å². The molecule has 0 atom stereocenters. The number of rotatable bonds is 7. The second kappa shape index (κ2) is 6.68. The van der Waals surface area contributed by atoms with E-state index in [1.165, 1.54) is 7.11 Å². The lowest BCUT2D eigenvalue weighted by atomic mass is 10.0. The van der Waals surface area contributed by atoms with Gasteiger partial charge in [0.05, 0.1) is 12.7 Å². The molecule has 0 spiro atoms. The van der Waals surface area contributed by atoms with Gasteiger partial charge in [-0.05, 0) is 25.0 Å². The van der Waals surface area contributed by atoms with Crippen molar-refractivity contribution in [3.8, 4) is 5.75 Å². The summed E-state index contributed by atoms with van der Waals surface area (Å²) in [5.41, 5.74) is 0.560.